The summed E-state index contributed by atoms with van der Waals surface area (Å²) in [5.74, 6) is 0.461. The molecule has 0 radical (unpaired) electrons. The Morgan fingerprint density at radius 2 is 1.85 bits per heavy atom. The Bertz CT molecular complexity index is 977. The molecule has 27 heavy (non-hydrogen) atoms. The lowest BCUT2D eigenvalue weighted by atomic mass is 10.1. The average molecular weight is 404 g/mol. The summed E-state index contributed by atoms with van der Waals surface area (Å²) in [6, 6.07) is 9.27. The van der Waals surface area contributed by atoms with Crippen LogP contribution in [0.25, 0.3) is 10.9 Å². The Balaban J connectivity index is 1.62. The van der Waals surface area contributed by atoms with Gasteiger partial charge in [-0.25, -0.2) is 15.0 Å². The van der Waals surface area contributed by atoms with Gasteiger partial charge in [0.25, 0.3) is 0 Å². The molecular formula is C19H18ClN3O3S. The van der Waals surface area contributed by atoms with Crippen LogP contribution in [-0.4, -0.2) is 33.8 Å². The van der Waals surface area contributed by atoms with Gasteiger partial charge in [0.15, 0.2) is 5.16 Å². The fraction of sp³-hybridized carbons (Fsp3) is 0.263. The van der Waals surface area contributed by atoms with Crippen LogP contribution in [0.5, 0.6) is 5.75 Å². The SMILES string of the molecule is COc1ccc2cc(COC(=O)CSc3nc(C)cc(C)n3)c(Cl)nc2c1. The van der Waals surface area contributed by atoms with Gasteiger partial charge in [0.1, 0.15) is 17.5 Å². The molecule has 0 unspecified atom stereocenters. The lowest BCUT2D eigenvalue weighted by molar-refractivity contribution is -0.141. The van der Waals surface area contributed by atoms with E-state index in [1.807, 2.05) is 38.1 Å². The van der Waals surface area contributed by atoms with Crippen molar-refractivity contribution in [3.8, 4) is 5.75 Å². The first-order chi connectivity index (χ1) is 12.9. The number of methoxy groups -OCH3 is 1. The van der Waals surface area contributed by atoms with Crippen molar-refractivity contribution in [2.24, 2.45) is 0 Å². The number of benzene rings is 1. The molecule has 0 bridgehead atoms. The van der Waals surface area contributed by atoms with Crippen molar-refractivity contribution < 1.29 is 14.3 Å². The molecule has 1 aromatic carbocycles. The molecule has 3 aromatic rings. The molecule has 3 rings (SSSR count). The van der Waals surface area contributed by atoms with Crippen molar-refractivity contribution in [3.05, 3.63) is 52.4 Å². The average Bonchev–Trinajstić information content (AvgIpc) is 2.63. The third-order valence-electron chi connectivity index (χ3n) is 3.72. The third-order valence-corrected chi connectivity index (χ3v) is 4.87. The van der Waals surface area contributed by atoms with E-state index in [0.29, 0.717) is 21.6 Å². The van der Waals surface area contributed by atoms with Crippen molar-refractivity contribution in [1.82, 2.24) is 15.0 Å². The fourth-order valence-corrected chi connectivity index (χ4v) is 3.42. The van der Waals surface area contributed by atoms with Gasteiger partial charge in [-0.2, -0.15) is 0 Å². The smallest absolute Gasteiger partial charge is 0.316 e. The summed E-state index contributed by atoms with van der Waals surface area (Å²) in [5, 5.41) is 1.75. The number of carbonyl (C=O) groups excluding carboxylic acids is 1. The van der Waals surface area contributed by atoms with Gasteiger partial charge >= 0.3 is 5.97 Å². The van der Waals surface area contributed by atoms with E-state index in [1.54, 1.807) is 13.2 Å². The maximum atomic E-state index is 12.0. The minimum atomic E-state index is -0.367. The van der Waals surface area contributed by atoms with Crippen molar-refractivity contribution in [1.29, 1.82) is 0 Å². The Morgan fingerprint density at radius 1 is 1.11 bits per heavy atom. The zero-order chi connectivity index (χ0) is 19.4. The first-order valence-corrected chi connectivity index (χ1v) is 9.55. The molecule has 0 fully saturated rings. The summed E-state index contributed by atoms with van der Waals surface area (Å²) in [6.07, 6.45) is 0. The van der Waals surface area contributed by atoms with Gasteiger partial charge < -0.3 is 9.47 Å². The van der Waals surface area contributed by atoms with Gasteiger partial charge in [-0.15, -0.1) is 0 Å². The number of halogens is 1. The number of hydrogen-bond acceptors (Lipinski definition) is 7. The summed E-state index contributed by atoms with van der Waals surface area (Å²) in [6.45, 7) is 3.84. The first-order valence-electron chi connectivity index (χ1n) is 8.18. The van der Waals surface area contributed by atoms with Crippen LogP contribution >= 0.6 is 23.4 Å². The number of ether oxygens (including phenoxy) is 2. The number of pyridine rings is 1. The van der Waals surface area contributed by atoms with E-state index in [4.69, 9.17) is 21.1 Å². The summed E-state index contributed by atoms with van der Waals surface area (Å²) in [4.78, 5) is 25.0. The van der Waals surface area contributed by atoms with Crippen LogP contribution in [-0.2, 0) is 16.1 Å². The van der Waals surface area contributed by atoms with Crippen LogP contribution in [0.1, 0.15) is 17.0 Å². The monoisotopic (exact) mass is 403 g/mol. The second kappa shape index (κ2) is 8.54. The first kappa shape index (κ1) is 19.4. The van der Waals surface area contributed by atoms with Crippen LogP contribution in [0.2, 0.25) is 5.15 Å². The highest BCUT2D eigenvalue weighted by molar-refractivity contribution is 7.99. The number of fused-ring (bicyclic) bond motifs is 1. The number of thioether (sulfide) groups is 1. The van der Waals surface area contributed by atoms with E-state index in [0.717, 1.165) is 22.3 Å². The van der Waals surface area contributed by atoms with Crippen LogP contribution in [0.4, 0.5) is 0 Å². The molecule has 0 saturated heterocycles. The number of aromatic nitrogens is 3. The molecule has 0 amide bonds. The number of aryl methyl sites for hydroxylation is 2. The van der Waals surface area contributed by atoms with Crippen LogP contribution in [0.15, 0.2) is 35.5 Å². The maximum Gasteiger partial charge on any atom is 0.316 e. The lowest BCUT2D eigenvalue weighted by Crippen LogP contribution is -2.08. The van der Waals surface area contributed by atoms with E-state index in [-0.39, 0.29) is 18.3 Å². The highest BCUT2D eigenvalue weighted by Gasteiger charge is 2.11. The number of nitrogens with zero attached hydrogens (tertiary/aromatic N) is 3. The number of rotatable bonds is 6. The predicted octanol–water partition coefficient (Wildman–Crippen LogP) is 4.14. The van der Waals surface area contributed by atoms with Crippen molar-refractivity contribution >= 4 is 40.2 Å². The number of hydrogen-bond donors (Lipinski definition) is 0. The van der Waals surface area contributed by atoms with Crippen LogP contribution in [0, 0.1) is 13.8 Å². The molecule has 2 aromatic heterocycles. The highest BCUT2D eigenvalue weighted by atomic mass is 35.5. The molecule has 0 spiro atoms. The zero-order valence-corrected chi connectivity index (χ0v) is 16.7. The highest BCUT2D eigenvalue weighted by Crippen LogP contribution is 2.25. The van der Waals surface area contributed by atoms with Gasteiger partial charge in [-0.1, -0.05) is 23.4 Å². The van der Waals surface area contributed by atoms with E-state index in [2.05, 4.69) is 15.0 Å². The quantitative estimate of drug-likeness (QED) is 0.265. The van der Waals surface area contributed by atoms with Gasteiger partial charge in [0.05, 0.1) is 18.4 Å². The minimum Gasteiger partial charge on any atom is -0.497 e. The second-order valence-corrected chi connectivity index (χ2v) is 7.18. The predicted molar refractivity (Wildman–Crippen MR) is 105 cm³/mol. The standard InChI is InChI=1S/C19H18ClN3O3S/c1-11-6-12(2)22-19(21-11)27-10-17(24)26-9-14-7-13-4-5-15(25-3)8-16(13)23-18(14)20/h4-8H,9-10H2,1-3H3. The molecule has 8 heteroatoms. The van der Waals surface area contributed by atoms with Crippen molar-refractivity contribution in [3.63, 3.8) is 0 Å². The van der Waals surface area contributed by atoms with E-state index >= 15 is 0 Å². The van der Waals surface area contributed by atoms with Gasteiger partial charge in [0, 0.05) is 28.4 Å². The number of carbonyl (C=O) groups is 1. The Hall–Kier alpha value is -2.38. The maximum absolute atomic E-state index is 12.0. The summed E-state index contributed by atoms with van der Waals surface area (Å²) in [5.41, 5.74) is 3.10. The Labute approximate surface area is 166 Å². The molecule has 0 aliphatic heterocycles. The van der Waals surface area contributed by atoms with Crippen LogP contribution < -0.4 is 4.74 Å². The molecule has 140 valence electrons. The van der Waals surface area contributed by atoms with Crippen LogP contribution in [0.3, 0.4) is 0 Å². The topological polar surface area (TPSA) is 74.2 Å². The Morgan fingerprint density at radius 3 is 2.56 bits per heavy atom. The largest absolute Gasteiger partial charge is 0.497 e. The fourth-order valence-electron chi connectivity index (χ4n) is 2.48. The normalized spacial score (nSPS) is 10.8. The molecular weight excluding hydrogens is 386 g/mol. The second-order valence-electron chi connectivity index (χ2n) is 5.88. The third kappa shape index (κ3) is 5.08. The molecule has 0 aliphatic carbocycles. The molecule has 0 N–H and O–H groups in total. The molecule has 2 heterocycles. The minimum absolute atomic E-state index is 0.0564. The van der Waals surface area contributed by atoms with Crippen molar-refractivity contribution in [2.75, 3.05) is 12.9 Å². The van der Waals surface area contributed by atoms with E-state index in [9.17, 15) is 4.79 Å². The molecule has 0 saturated carbocycles. The van der Waals surface area contributed by atoms with E-state index in [1.165, 1.54) is 11.8 Å². The molecule has 6 nitrogen and oxygen atoms in total. The summed E-state index contributed by atoms with van der Waals surface area (Å²) >= 11 is 7.47. The van der Waals surface area contributed by atoms with Gasteiger partial charge in [-0.3, -0.25) is 4.79 Å². The van der Waals surface area contributed by atoms with Gasteiger partial charge in [-0.05, 0) is 38.1 Å². The summed E-state index contributed by atoms with van der Waals surface area (Å²) < 4.78 is 10.5. The van der Waals surface area contributed by atoms with Crippen molar-refractivity contribution in [2.45, 2.75) is 25.6 Å². The lowest BCUT2D eigenvalue weighted by Gasteiger charge is -2.09. The van der Waals surface area contributed by atoms with Gasteiger partial charge in [0.2, 0.25) is 0 Å². The molecule has 0 aliphatic rings. The summed E-state index contributed by atoms with van der Waals surface area (Å²) in [7, 11) is 1.59. The Kier molecular flexibility index (Phi) is 6.13. The van der Waals surface area contributed by atoms with E-state index < -0.39 is 0 Å². The number of esters is 1. The molecule has 0 atom stereocenters. The zero-order valence-electron chi connectivity index (χ0n) is 15.2.